The van der Waals surface area contributed by atoms with Crippen molar-refractivity contribution in [3.63, 3.8) is 0 Å². The molecule has 0 fully saturated rings. The lowest BCUT2D eigenvalue weighted by molar-refractivity contribution is -0.121. The van der Waals surface area contributed by atoms with E-state index in [2.05, 4.69) is 20.4 Å². The number of carbonyl (C=O) groups excluding carboxylic acids is 1. The SMILES string of the molecule is CNS(=O)(=O)Cc1ccc(CNC(=O)Cn2nnc3ccccc32)cc1. The number of hydrogen-bond donors (Lipinski definition) is 2. The van der Waals surface area contributed by atoms with Crippen molar-refractivity contribution in [2.24, 2.45) is 0 Å². The topological polar surface area (TPSA) is 106 Å². The first-order valence-corrected chi connectivity index (χ1v) is 9.66. The zero-order valence-electron chi connectivity index (χ0n) is 14.2. The van der Waals surface area contributed by atoms with Gasteiger partial charge in [0.25, 0.3) is 0 Å². The predicted octanol–water partition coefficient (Wildman–Crippen LogP) is 0.797. The second-order valence-electron chi connectivity index (χ2n) is 5.79. The minimum absolute atomic E-state index is 0.0739. The average molecular weight is 373 g/mol. The van der Waals surface area contributed by atoms with Crippen molar-refractivity contribution in [2.45, 2.75) is 18.8 Å². The van der Waals surface area contributed by atoms with E-state index in [1.807, 2.05) is 24.3 Å². The average Bonchev–Trinajstić information content (AvgIpc) is 3.04. The second kappa shape index (κ2) is 7.63. The highest BCUT2D eigenvalue weighted by Gasteiger charge is 2.10. The molecule has 8 nitrogen and oxygen atoms in total. The molecule has 136 valence electrons. The second-order valence-corrected chi connectivity index (χ2v) is 7.72. The van der Waals surface area contributed by atoms with Crippen LogP contribution in [0.25, 0.3) is 11.0 Å². The fourth-order valence-electron chi connectivity index (χ4n) is 2.47. The Labute approximate surface area is 151 Å². The fourth-order valence-corrected chi connectivity index (χ4v) is 3.25. The number of fused-ring (bicyclic) bond motifs is 1. The molecular formula is C17H19N5O3S. The molecule has 1 amide bonds. The van der Waals surface area contributed by atoms with Crippen molar-refractivity contribution in [3.8, 4) is 0 Å². The van der Waals surface area contributed by atoms with Crippen molar-refractivity contribution < 1.29 is 13.2 Å². The van der Waals surface area contributed by atoms with Gasteiger partial charge in [-0.2, -0.15) is 0 Å². The van der Waals surface area contributed by atoms with Crippen LogP contribution in [0.5, 0.6) is 0 Å². The van der Waals surface area contributed by atoms with Gasteiger partial charge in [-0.05, 0) is 30.3 Å². The summed E-state index contributed by atoms with van der Waals surface area (Å²) in [5.41, 5.74) is 3.11. The van der Waals surface area contributed by atoms with Gasteiger partial charge in [-0.15, -0.1) is 5.10 Å². The van der Waals surface area contributed by atoms with Gasteiger partial charge in [0.05, 0.1) is 11.3 Å². The van der Waals surface area contributed by atoms with Crippen molar-refractivity contribution in [1.29, 1.82) is 0 Å². The molecule has 0 radical (unpaired) electrons. The smallest absolute Gasteiger partial charge is 0.242 e. The summed E-state index contributed by atoms with van der Waals surface area (Å²) in [5.74, 6) is -0.252. The Morgan fingerprint density at radius 1 is 1.08 bits per heavy atom. The summed E-state index contributed by atoms with van der Waals surface area (Å²) in [6.45, 7) is 0.434. The Morgan fingerprint density at radius 3 is 2.50 bits per heavy atom. The number of aromatic nitrogens is 3. The van der Waals surface area contributed by atoms with E-state index in [1.165, 1.54) is 7.05 Å². The summed E-state index contributed by atoms with van der Waals surface area (Å²) in [6.07, 6.45) is 0. The van der Waals surface area contributed by atoms with Crippen LogP contribution in [0.1, 0.15) is 11.1 Å². The monoisotopic (exact) mass is 373 g/mol. The zero-order valence-corrected chi connectivity index (χ0v) is 15.0. The maximum absolute atomic E-state index is 12.1. The molecule has 0 saturated carbocycles. The number of amides is 1. The number of sulfonamides is 1. The Kier molecular flexibility index (Phi) is 5.29. The van der Waals surface area contributed by atoms with Gasteiger partial charge in [-0.3, -0.25) is 4.79 Å². The first-order chi connectivity index (χ1) is 12.5. The minimum Gasteiger partial charge on any atom is -0.350 e. The normalized spacial score (nSPS) is 11.6. The van der Waals surface area contributed by atoms with Crippen LogP contribution < -0.4 is 10.0 Å². The molecule has 0 aliphatic carbocycles. The number of benzene rings is 2. The van der Waals surface area contributed by atoms with Crippen LogP contribution in [0.3, 0.4) is 0 Å². The van der Waals surface area contributed by atoms with Gasteiger partial charge in [0.15, 0.2) is 0 Å². The lowest BCUT2D eigenvalue weighted by Crippen LogP contribution is -2.27. The van der Waals surface area contributed by atoms with Crippen molar-refractivity contribution in [1.82, 2.24) is 25.0 Å². The summed E-state index contributed by atoms with van der Waals surface area (Å²) < 4.78 is 26.9. The third-order valence-corrected chi connectivity index (χ3v) is 5.23. The van der Waals surface area contributed by atoms with Gasteiger partial charge in [0.1, 0.15) is 12.1 Å². The number of nitrogens with one attached hydrogen (secondary N) is 2. The van der Waals surface area contributed by atoms with Crippen LogP contribution in [0.4, 0.5) is 0 Å². The molecular weight excluding hydrogens is 354 g/mol. The minimum atomic E-state index is -3.29. The number of nitrogens with zero attached hydrogens (tertiary/aromatic N) is 3. The van der Waals surface area contributed by atoms with Crippen molar-refractivity contribution in [2.75, 3.05) is 7.05 Å². The van der Waals surface area contributed by atoms with E-state index in [9.17, 15) is 13.2 Å². The number of carbonyl (C=O) groups is 1. The van der Waals surface area contributed by atoms with Crippen LogP contribution in [0.2, 0.25) is 0 Å². The number of rotatable bonds is 7. The highest BCUT2D eigenvalue weighted by molar-refractivity contribution is 7.88. The third-order valence-electron chi connectivity index (χ3n) is 3.89. The maximum Gasteiger partial charge on any atom is 0.242 e. The Morgan fingerprint density at radius 2 is 1.77 bits per heavy atom. The van der Waals surface area contributed by atoms with Crippen LogP contribution in [0, 0.1) is 0 Å². The molecule has 0 aliphatic heterocycles. The molecule has 0 atom stereocenters. The summed E-state index contributed by atoms with van der Waals surface area (Å²) in [4.78, 5) is 12.1. The molecule has 26 heavy (non-hydrogen) atoms. The molecule has 0 saturated heterocycles. The van der Waals surface area contributed by atoms with E-state index in [1.54, 1.807) is 28.9 Å². The van der Waals surface area contributed by atoms with Crippen LogP contribution in [0.15, 0.2) is 48.5 Å². The van der Waals surface area contributed by atoms with Gasteiger partial charge in [-0.25, -0.2) is 17.8 Å². The summed E-state index contributed by atoms with van der Waals surface area (Å²) in [7, 11) is -1.91. The molecule has 3 aromatic rings. The van der Waals surface area contributed by atoms with Gasteiger partial charge in [-0.1, -0.05) is 41.6 Å². The molecule has 1 aromatic heterocycles. The number of hydrogen-bond acceptors (Lipinski definition) is 5. The predicted molar refractivity (Wildman–Crippen MR) is 97.5 cm³/mol. The molecule has 1 heterocycles. The van der Waals surface area contributed by atoms with E-state index >= 15 is 0 Å². The summed E-state index contributed by atoms with van der Waals surface area (Å²) >= 11 is 0. The standard InChI is InChI=1S/C17H19N5O3S/c1-18-26(24,25)12-14-8-6-13(7-9-14)10-19-17(23)11-22-16-5-3-2-4-15(16)20-21-22/h2-9,18H,10-12H2,1H3,(H,19,23). The summed E-state index contributed by atoms with van der Waals surface area (Å²) in [6, 6.07) is 14.5. The highest BCUT2D eigenvalue weighted by atomic mass is 32.2. The Hall–Kier alpha value is -2.78. The molecule has 0 spiro atoms. The molecule has 3 rings (SSSR count). The number of para-hydroxylation sites is 1. The zero-order chi connectivity index (χ0) is 18.6. The first-order valence-electron chi connectivity index (χ1n) is 8.01. The Bertz CT molecular complexity index is 1010. The Balaban J connectivity index is 1.56. The van der Waals surface area contributed by atoms with Gasteiger partial charge < -0.3 is 5.32 Å². The lowest BCUT2D eigenvalue weighted by atomic mass is 10.1. The van der Waals surface area contributed by atoms with E-state index in [0.717, 1.165) is 16.6 Å². The van der Waals surface area contributed by atoms with Gasteiger partial charge >= 0.3 is 0 Å². The van der Waals surface area contributed by atoms with Crippen molar-refractivity contribution in [3.05, 3.63) is 59.7 Å². The lowest BCUT2D eigenvalue weighted by Gasteiger charge is -2.07. The van der Waals surface area contributed by atoms with Crippen LogP contribution in [-0.2, 0) is 33.7 Å². The fraction of sp³-hybridized carbons (Fsp3) is 0.235. The van der Waals surface area contributed by atoms with Gasteiger partial charge in [0, 0.05) is 6.54 Å². The highest BCUT2D eigenvalue weighted by Crippen LogP contribution is 2.10. The van der Waals surface area contributed by atoms with Crippen LogP contribution in [-0.4, -0.2) is 36.4 Å². The molecule has 9 heteroatoms. The molecule has 2 N–H and O–H groups in total. The molecule has 0 unspecified atom stereocenters. The quantitative estimate of drug-likeness (QED) is 0.637. The summed E-state index contributed by atoms with van der Waals surface area (Å²) in [5, 5.41) is 10.8. The molecule has 2 aromatic carbocycles. The van der Waals surface area contributed by atoms with Crippen molar-refractivity contribution >= 4 is 27.0 Å². The maximum atomic E-state index is 12.1. The van der Waals surface area contributed by atoms with Gasteiger partial charge in [0.2, 0.25) is 15.9 Å². The van der Waals surface area contributed by atoms with Crippen LogP contribution >= 0.6 is 0 Å². The van der Waals surface area contributed by atoms with E-state index < -0.39 is 10.0 Å². The van der Waals surface area contributed by atoms with E-state index in [-0.39, 0.29) is 18.2 Å². The molecule has 0 bridgehead atoms. The first kappa shape index (κ1) is 18.0. The van der Waals surface area contributed by atoms with E-state index in [4.69, 9.17) is 0 Å². The third kappa shape index (κ3) is 4.44. The largest absolute Gasteiger partial charge is 0.350 e. The molecule has 0 aliphatic rings. The van der Waals surface area contributed by atoms with E-state index in [0.29, 0.717) is 12.1 Å².